The first kappa shape index (κ1) is 13.9. The Balaban J connectivity index is 1.80. The third-order valence-corrected chi connectivity index (χ3v) is 4.33. The van der Waals surface area contributed by atoms with Crippen LogP contribution in [0, 0.1) is 0 Å². The topological polar surface area (TPSA) is 56.9 Å². The summed E-state index contributed by atoms with van der Waals surface area (Å²) < 4.78 is 0. The van der Waals surface area contributed by atoms with Gasteiger partial charge in [-0.25, -0.2) is 0 Å². The predicted octanol–water partition coefficient (Wildman–Crippen LogP) is 1.95. The SMILES string of the molecule is O=C(NCc1cc[nH]c1)C1(c2ccccc2)CCNCC1. The second-order valence-corrected chi connectivity index (χ2v) is 5.60. The van der Waals surface area contributed by atoms with Crippen LogP contribution in [0.5, 0.6) is 0 Å². The minimum absolute atomic E-state index is 0.136. The van der Waals surface area contributed by atoms with E-state index in [0.29, 0.717) is 6.54 Å². The van der Waals surface area contributed by atoms with Crippen LogP contribution in [0.2, 0.25) is 0 Å². The second kappa shape index (κ2) is 6.14. The maximum atomic E-state index is 12.9. The van der Waals surface area contributed by atoms with Crippen LogP contribution < -0.4 is 10.6 Å². The van der Waals surface area contributed by atoms with Gasteiger partial charge >= 0.3 is 0 Å². The molecule has 0 unspecified atom stereocenters. The first-order valence-corrected chi connectivity index (χ1v) is 7.47. The number of H-pyrrole nitrogens is 1. The molecular formula is C17H21N3O. The highest BCUT2D eigenvalue weighted by Crippen LogP contribution is 2.33. The molecule has 1 aliphatic rings. The van der Waals surface area contributed by atoms with Gasteiger partial charge in [0.05, 0.1) is 5.41 Å². The normalized spacial score (nSPS) is 17.3. The third-order valence-electron chi connectivity index (χ3n) is 4.33. The van der Waals surface area contributed by atoms with E-state index in [4.69, 9.17) is 0 Å². The quantitative estimate of drug-likeness (QED) is 0.803. The van der Waals surface area contributed by atoms with Gasteiger partial charge in [-0.2, -0.15) is 0 Å². The number of hydrogen-bond acceptors (Lipinski definition) is 2. The molecule has 0 spiro atoms. The molecular weight excluding hydrogens is 262 g/mol. The molecule has 3 rings (SSSR count). The van der Waals surface area contributed by atoms with Gasteiger partial charge in [0.15, 0.2) is 0 Å². The molecule has 0 atom stereocenters. The molecule has 4 nitrogen and oxygen atoms in total. The molecule has 3 N–H and O–H groups in total. The lowest BCUT2D eigenvalue weighted by molar-refractivity contribution is -0.128. The van der Waals surface area contributed by atoms with E-state index in [1.165, 1.54) is 0 Å². The van der Waals surface area contributed by atoms with Crippen LogP contribution in [0.4, 0.5) is 0 Å². The minimum Gasteiger partial charge on any atom is -0.367 e. The summed E-state index contributed by atoms with van der Waals surface area (Å²) in [6.07, 6.45) is 5.48. The predicted molar refractivity (Wildman–Crippen MR) is 82.9 cm³/mol. The van der Waals surface area contributed by atoms with Crippen molar-refractivity contribution in [2.45, 2.75) is 24.8 Å². The van der Waals surface area contributed by atoms with E-state index in [1.807, 2.05) is 36.7 Å². The number of amides is 1. The summed E-state index contributed by atoms with van der Waals surface area (Å²) >= 11 is 0. The van der Waals surface area contributed by atoms with Crippen molar-refractivity contribution in [1.29, 1.82) is 0 Å². The Bertz CT molecular complexity index is 571. The Kier molecular flexibility index (Phi) is 4.06. The fourth-order valence-electron chi connectivity index (χ4n) is 3.08. The summed E-state index contributed by atoms with van der Waals surface area (Å²) in [6, 6.07) is 12.1. The molecule has 0 radical (unpaired) electrons. The molecule has 2 aromatic rings. The largest absolute Gasteiger partial charge is 0.367 e. The van der Waals surface area contributed by atoms with Crippen LogP contribution in [-0.4, -0.2) is 24.0 Å². The zero-order valence-corrected chi connectivity index (χ0v) is 12.1. The van der Waals surface area contributed by atoms with Crippen LogP contribution in [-0.2, 0) is 16.8 Å². The number of carbonyl (C=O) groups excluding carboxylic acids is 1. The van der Waals surface area contributed by atoms with Crippen molar-refractivity contribution < 1.29 is 4.79 Å². The lowest BCUT2D eigenvalue weighted by Gasteiger charge is -2.36. The van der Waals surface area contributed by atoms with Crippen molar-refractivity contribution >= 4 is 5.91 Å². The summed E-state index contributed by atoms with van der Waals surface area (Å²) in [7, 11) is 0. The smallest absolute Gasteiger partial charge is 0.231 e. The lowest BCUT2D eigenvalue weighted by Crippen LogP contribution is -2.50. The van der Waals surface area contributed by atoms with Gasteiger partial charge in [0.25, 0.3) is 0 Å². The Hall–Kier alpha value is -2.07. The van der Waals surface area contributed by atoms with Gasteiger partial charge in [-0.1, -0.05) is 30.3 Å². The molecule has 110 valence electrons. The number of hydrogen-bond donors (Lipinski definition) is 3. The van der Waals surface area contributed by atoms with Crippen molar-refractivity contribution in [3.8, 4) is 0 Å². The van der Waals surface area contributed by atoms with E-state index in [1.54, 1.807) is 0 Å². The summed E-state index contributed by atoms with van der Waals surface area (Å²) in [4.78, 5) is 15.9. The lowest BCUT2D eigenvalue weighted by atomic mass is 9.72. The van der Waals surface area contributed by atoms with Gasteiger partial charge in [0.2, 0.25) is 5.91 Å². The second-order valence-electron chi connectivity index (χ2n) is 5.60. The van der Waals surface area contributed by atoms with Crippen molar-refractivity contribution in [3.63, 3.8) is 0 Å². The summed E-state index contributed by atoms with van der Waals surface area (Å²) in [5.74, 6) is 0.136. The molecule has 2 heterocycles. The number of piperidine rings is 1. The molecule has 1 fully saturated rings. The van der Waals surface area contributed by atoms with Crippen LogP contribution >= 0.6 is 0 Å². The molecule has 1 amide bonds. The van der Waals surface area contributed by atoms with E-state index < -0.39 is 5.41 Å². The van der Waals surface area contributed by atoms with Crippen LogP contribution in [0.15, 0.2) is 48.8 Å². The van der Waals surface area contributed by atoms with Gasteiger partial charge in [-0.15, -0.1) is 0 Å². The highest BCUT2D eigenvalue weighted by molar-refractivity contribution is 5.88. The maximum Gasteiger partial charge on any atom is 0.231 e. The molecule has 21 heavy (non-hydrogen) atoms. The highest BCUT2D eigenvalue weighted by Gasteiger charge is 2.40. The third kappa shape index (κ3) is 2.85. The number of nitrogens with one attached hydrogen (secondary N) is 3. The summed E-state index contributed by atoms with van der Waals surface area (Å²) in [5.41, 5.74) is 1.82. The van der Waals surface area contributed by atoms with E-state index in [-0.39, 0.29) is 5.91 Å². The Labute approximate surface area is 125 Å². The molecule has 0 saturated carbocycles. The van der Waals surface area contributed by atoms with Gasteiger partial charge in [-0.05, 0) is 43.1 Å². The molecule has 4 heteroatoms. The number of carbonyl (C=O) groups is 1. The van der Waals surface area contributed by atoms with Gasteiger partial charge in [-0.3, -0.25) is 4.79 Å². The Morgan fingerprint density at radius 3 is 2.57 bits per heavy atom. The van der Waals surface area contributed by atoms with Crippen molar-refractivity contribution in [2.24, 2.45) is 0 Å². The van der Waals surface area contributed by atoms with Crippen LogP contribution in [0.1, 0.15) is 24.0 Å². The van der Waals surface area contributed by atoms with Gasteiger partial charge in [0.1, 0.15) is 0 Å². The summed E-state index contributed by atoms with van der Waals surface area (Å²) in [6.45, 7) is 2.34. The zero-order chi connectivity index (χ0) is 14.5. The molecule has 1 aliphatic heterocycles. The highest BCUT2D eigenvalue weighted by atomic mass is 16.2. The monoisotopic (exact) mass is 283 g/mol. The fourth-order valence-corrected chi connectivity index (χ4v) is 3.08. The number of benzene rings is 1. The van der Waals surface area contributed by atoms with E-state index in [2.05, 4.69) is 27.8 Å². The standard InChI is InChI=1S/C17H21N3O/c21-16(20-13-14-6-9-19-12-14)17(7-10-18-11-8-17)15-4-2-1-3-5-15/h1-6,9,12,18-19H,7-8,10-11,13H2,(H,20,21). The Morgan fingerprint density at radius 1 is 1.14 bits per heavy atom. The molecule has 0 aliphatic carbocycles. The average molecular weight is 283 g/mol. The Morgan fingerprint density at radius 2 is 1.90 bits per heavy atom. The molecule has 1 aromatic heterocycles. The van der Waals surface area contributed by atoms with Crippen molar-refractivity contribution in [3.05, 3.63) is 59.9 Å². The molecule has 0 bridgehead atoms. The number of aromatic amines is 1. The van der Waals surface area contributed by atoms with Crippen LogP contribution in [0.25, 0.3) is 0 Å². The van der Waals surface area contributed by atoms with E-state index in [9.17, 15) is 4.79 Å². The fraction of sp³-hybridized carbons (Fsp3) is 0.353. The number of aromatic nitrogens is 1. The zero-order valence-electron chi connectivity index (χ0n) is 12.1. The minimum atomic E-state index is -0.400. The maximum absolute atomic E-state index is 12.9. The number of rotatable bonds is 4. The van der Waals surface area contributed by atoms with E-state index in [0.717, 1.165) is 37.1 Å². The van der Waals surface area contributed by atoms with Gasteiger partial charge in [0, 0.05) is 18.9 Å². The van der Waals surface area contributed by atoms with Crippen molar-refractivity contribution in [1.82, 2.24) is 15.6 Å². The van der Waals surface area contributed by atoms with Crippen molar-refractivity contribution in [2.75, 3.05) is 13.1 Å². The molecule has 1 saturated heterocycles. The van der Waals surface area contributed by atoms with E-state index >= 15 is 0 Å². The first-order valence-electron chi connectivity index (χ1n) is 7.47. The molecule has 1 aromatic carbocycles. The summed E-state index contributed by atoms with van der Waals surface area (Å²) in [5, 5.41) is 6.46. The first-order chi connectivity index (χ1) is 10.3. The van der Waals surface area contributed by atoms with Gasteiger partial charge < -0.3 is 15.6 Å². The average Bonchev–Trinajstić information content (AvgIpc) is 3.07. The van der Waals surface area contributed by atoms with Crippen LogP contribution in [0.3, 0.4) is 0 Å².